The average Bonchev–Trinajstić information content (AvgIpc) is 2.57. The normalized spacial score (nSPS) is 11.5. The third-order valence-electron chi connectivity index (χ3n) is 3.27. The SMILES string of the molecule is CC(=O)C(=Cc1cccc(Cl)c1)C(=O)NCC=Cc1ccccc1. The lowest BCUT2D eigenvalue weighted by Gasteiger charge is -2.05. The minimum atomic E-state index is -0.403. The Balaban J connectivity index is 2.02. The van der Waals surface area contributed by atoms with E-state index in [0.29, 0.717) is 17.1 Å². The van der Waals surface area contributed by atoms with Gasteiger partial charge in [0, 0.05) is 11.6 Å². The average molecular weight is 340 g/mol. The number of halogens is 1. The van der Waals surface area contributed by atoms with Crippen LogP contribution in [-0.2, 0) is 9.59 Å². The molecule has 122 valence electrons. The Labute approximate surface area is 146 Å². The van der Waals surface area contributed by atoms with Gasteiger partial charge in [-0.15, -0.1) is 0 Å². The second kappa shape index (κ2) is 8.85. The lowest BCUT2D eigenvalue weighted by atomic mass is 10.1. The molecular weight excluding hydrogens is 322 g/mol. The van der Waals surface area contributed by atoms with E-state index in [9.17, 15) is 9.59 Å². The number of carbonyl (C=O) groups excluding carboxylic acids is 2. The first-order valence-corrected chi connectivity index (χ1v) is 7.92. The third-order valence-corrected chi connectivity index (χ3v) is 3.51. The number of Topliss-reactive ketones (excluding diaryl/α,β-unsaturated/α-hetero) is 1. The van der Waals surface area contributed by atoms with Crippen LogP contribution < -0.4 is 5.32 Å². The molecule has 0 spiro atoms. The highest BCUT2D eigenvalue weighted by Gasteiger charge is 2.13. The van der Waals surface area contributed by atoms with E-state index in [-0.39, 0.29) is 11.4 Å². The van der Waals surface area contributed by atoms with Crippen LogP contribution in [0.1, 0.15) is 18.1 Å². The summed E-state index contributed by atoms with van der Waals surface area (Å²) < 4.78 is 0. The van der Waals surface area contributed by atoms with Gasteiger partial charge in [0.05, 0.1) is 5.57 Å². The van der Waals surface area contributed by atoms with Gasteiger partial charge in [-0.1, -0.05) is 66.2 Å². The fraction of sp³-hybridized carbons (Fsp3) is 0.100. The minimum absolute atomic E-state index is 0.102. The molecule has 24 heavy (non-hydrogen) atoms. The molecule has 0 heterocycles. The molecule has 0 aliphatic rings. The van der Waals surface area contributed by atoms with Gasteiger partial charge in [-0.05, 0) is 36.3 Å². The highest BCUT2D eigenvalue weighted by molar-refractivity contribution is 6.30. The largest absolute Gasteiger partial charge is 0.348 e. The minimum Gasteiger partial charge on any atom is -0.348 e. The predicted molar refractivity (Wildman–Crippen MR) is 98.6 cm³/mol. The van der Waals surface area contributed by atoms with Crippen molar-refractivity contribution in [2.24, 2.45) is 0 Å². The maximum atomic E-state index is 12.2. The summed E-state index contributed by atoms with van der Waals surface area (Å²) >= 11 is 5.92. The maximum Gasteiger partial charge on any atom is 0.255 e. The quantitative estimate of drug-likeness (QED) is 0.488. The van der Waals surface area contributed by atoms with Crippen molar-refractivity contribution in [1.82, 2.24) is 5.32 Å². The van der Waals surface area contributed by atoms with Gasteiger partial charge in [0.2, 0.25) is 0 Å². The Morgan fingerprint density at radius 2 is 1.75 bits per heavy atom. The van der Waals surface area contributed by atoms with E-state index in [1.54, 1.807) is 30.3 Å². The summed E-state index contributed by atoms with van der Waals surface area (Å²) in [4.78, 5) is 24.0. The van der Waals surface area contributed by atoms with Crippen LogP contribution in [0.3, 0.4) is 0 Å². The second-order valence-electron chi connectivity index (χ2n) is 5.19. The topological polar surface area (TPSA) is 46.2 Å². The van der Waals surface area contributed by atoms with Gasteiger partial charge < -0.3 is 5.32 Å². The van der Waals surface area contributed by atoms with E-state index in [1.165, 1.54) is 6.92 Å². The highest BCUT2D eigenvalue weighted by Crippen LogP contribution is 2.14. The van der Waals surface area contributed by atoms with Gasteiger partial charge in [0.25, 0.3) is 5.91 Å². The lowest BCUT2D eigenvalue weighted by Crippen LogP contribution is -2.27. The zero-order valence-electron chi connectivity index (χ0n) is 13.3. The zero-order chi connectivity index (χ0) is 17.4. The molecule has 2 aromatic rings. The molecule has 0 unspecified atom stereocenters. The van der Waals surface area contributed by atoms with Crippen molar-refractivity contribution in [2.75, 3.05) is 6.54 Å². The molecular formula is C20H18ClNO2. The maximum absolute atomic E-state index is 12.2. The Kier molecular flexibility index (Phi) is 6.52. The van der Waals surface area contributed by atoms with Crippen LogP contribution in [0.2, 0.25) is 5.02 Å². The number of ketones is 1. The monoisotopic (exact) mass is 339 g/mol. The summed E-state index contributed by atoms with van der Waals surface area (Å²) in [5, 5.41) is 3.27. The van der Waals surface area contributed by atoms with Gasteiger partial charge in [-0.2, -0.15) is 0 Å². The van der Waals surface area contributed by atoms with E-state index in [1.807, 2.05) is 42.5 Å². The molecule has 0 aliphatic carbocycles. The van der Waals surface area contributed by atoms with Crippen molar-refractivity contribution in [3.8, 4) is 0 Å². The Morgan fingerprint density at radius 1 is 1.04 bits per heavy atom. The van der Waals surface area contributed by atoms with E-state index in [2.05, 4.69) is 5.32 Å². The first-order valence-electron chi connectivity index (χ1n) is 7.54. The Bertz CT molecular complexity index is 779. The van der Waals surface area contributed by atoms with Crippen LogP contribution in [0.4, 0.5) is 0 Å². The second-order valence-corrected chi connectivity index (χ2v) is 5.63. The van der Waals surface area contributed by atoms with Crippen LogP contribution in [-0.4, -0.2) is 18.2 Å². The van der Waals surface area contributed by atoms with Crippen molar-refractivity contribution in [2.45, 2.75) is 6.92 Å². The summed E-state index contributed by atoms with van der Waals surface area (Å²) in [6.07, 6.45) is 5.29. The summed E-state index contributed by atoms with van der Waals surface area (Å²) in [5.41, 5.74) is 1.86. The van der Waals surface area contributed by atoms with Crippen molar-refractivity contribution in [1.29, 1.82) is 0 Å². The number of nitrogens with one attached hydrogen (secondary N) is 1. The number of carbonyl (C=O) groups is 2. The van der Waals surface area contributed by atoms with Crippen molar-refractivity contribution in [3.05, 3.63) is 82.4 Å². The van der Waals surface area contributed by atoms with Crippen LogP contribution in [0.5, 0.6) is 0 Å². The van der Waals surface area contributed by atoms with E-state index >= 15 is 0 Å². The molecule has 0 atom stereocenters. The predicted octanol–water partition coefficient (Wildman–Crippen LogP) is 4.14. The molecule has 0 bridgehead atoms. The van der Waals surface area contributed by atoms with Crippen LogP contribution >= 0.6 is 11.6 Å². The molecule has 0 fully saturated rings. The number of benzene rings is 2. The van der Waals surface area contributed by atoms with Crippen LogP contribution in [0.25, 0.3) is 12.2 Å². The van der Waals surface area contributed by atoms with Crippen molar-refractivity contribution >= 4 is 35.4 Å². The Hall–Kier alpha value is -2.65. The molecule has 0 aromatic heterocycles. The number of hydrogen-bond donors (Lipinski definition) is 1. The molecule has 0 aliphatic heterocycles. The van der Waals surface area contributed by atoms with E-state index in [0.717, 1.165) is 5.56 Å². The fourth-order valence-corrected chi connectivity index (χ4v) is 2.29. The molecule has 1 N–H and O–H groups in total. The summed E-state index contributed by atoms with van der Waals surface area (Å²) in [5.74, 6) is -0.695. The van der Waals surface area contributed by atoms with Crippen LogP contribution in [0, 0.1) is 0 Å². The number of rotatable bonds is 6. The molecule has 3 nitrogen and oxygen atoms in total. The lowest BCUT2D eigenvalue weighted by molar-refractivity contribution is -0.121. The highest BCUT2D eigenvalue weighted by atomic mass is 35.5. The number of hydrogen-bond acceptors (Lipinski definition) is 2. The van der Waals surface area contributed by atoms with Crippen molar-refractivity contribution < 1.29 is 9.59 Å². The van der Waals surface area contributed by atoms with E-state index < -0.39 is 5.91 Å². The number of amides is 1. The molecule has 0 radical (unpaired) electrons. The summed E-state index contributed by atoms with van der Waals surface area (Å²) in [7, 11) is 0. The standard InChI is InChI=1S/C20H18ClNO2/c1-15(23)19(14-17-9-5-11-18(21)13-17)20(24)22-12-6-10-16-7-3-2-4-8-16/h2-11,13-14H,12H2,1H3,(H,22,24). The third kappa shape index (κ3) is 5.52. The van der Waals surface area contributed by atoms with Gasteiger partial charge in [0.1, 0.15) is 0 Å². The summed E-state index contributed by atoms with van der Waals surface area (Å²) in [6, 6.07) is 16.8. The first kappa shape index (κ1) is 17.7. The first-order chi connectivity index (χ1) is 11.6. The molecule has 2 rings (SSSR count). The van der Waals surface area contributed by atoms with Gasteiger partial charge in [0.15, 0.2) is 5.78 Å². The van der Waals surface area contributed by atoms with Gasteiger partial charge >= 0.3 is 0 Å². The molecule has 2 aromatic carbocycles. The smallest absolute Gasteiger partial charge is 0.255 e. The van der Waals surface area contributed by atoms with Crippen LogP contribution in [0.15, 0.2) is 66.2 Å². The molecule has 1 amide bonds. The zero-order valence-corrected chi connectivity index (χ0v) is 14.1. The van der Waals surface area contributed by atoms with Gasteiger partial charge in [-0.25, -0.2) is 0 Å². The van der Waals surface area contributed by atoms with Gasteiger partial charge in [-0.3, -0.25) is 9.59 Å². The fourth-order valence-electron chi connectivity index (χ4n) is 2.10. The molecule has 4 heteroatoms. The summed E-state index contributed by atoms with van der Waals surface area (Å²) in [6.45, 7) is 1.71. The van der Waals surface area contributed by atoms with Crippen molar-refractivity contribution in [3.63, 3.8) is 0 Å². The Morgan fingerprint density at radius 3 is 2.42 bits per heavy atom. The van der Waals surface area contributed by atoms with E-state index in [4.69, 9.17) is 11.6 Å². The molecule has 0 saturated carbocycles. The molecule has 0 saturated heterocycles.